The number of halogens is 1. The zero-order valence-electron chi connectivity index (χ0n) is 8.72. The van der Waals surface area contributed by atoms with Crippen LogP contribution in [0.3, 0.4) is 0 Å². The first-order valence-corrected chi connectivity index (χ1v) is 5.54. The Hall–Kier alpha value is -0.850. The van der Waals surface area contributed by atoms with Crippen molar-refractivity contribution >= 4 is 0 Å². The summed E-state index contributed by atoms with van der Waals surface area (Å²) in [5, 5.41) is 0. The topological polar surface area (TPSA) is 0 Å². The molecule has 0 aliphatic heterocycles. The van der Waals surface area contributed by atoms with Gasteiger partial charge in [0.25, 0.3) is 0 Å². The number of hydrogen-bond donors (Lipinski definition) is 0. The van der Waals surface area contributed by atoms with E-state index in [4.69, 9.17) is 0 Å². The van der Waals surface area contributed by atoms with Crippen LogP contribution in [-0.2, 0) is 0 Å². The van der Waals surface area contributed by atoms with E-state index in [9.17, 15) is 4.39 Å². The van der Waals surface area contributed by atoms with E-state index in [0.717, 1.165) is 11.1 Å². The minimum atomic E-state index is -0.00287. The lowest BCUT2D eigenvalue weighted by Crippen LogP contribution is -2.08. The van der Waals surface area contributed by atoms with Gasteiger partial charge in [-0.3, -0.25) is 0 Å². The highest BCUT2D eigenvalue weighted by atomic mass is 19.1. The van der Waals surface area contributed by atoms with Gasteiger partial charge in [-0.2, -0.15) is 0 Å². The van der Waals surface area contributed by atoms with Gasteiger partial charge in [0.2, 0.25) is 0 Å². The molecule has 1 aliphatic carbocycles. The molecule has 1 fully saturated rings. The van der Waals surface area contributed by atoms with E-state index in [2.05, 4.69) is 0 Å². The van der Waals surface area contributed by atoms with Gasteiger partial charge in [0.15, 0.2) is 0 Å². The van der Waals surface area contributed by atoms with Crippen LogP contribution in [0.25, 0.3) is 0 Å². The molecule has 0 spiro atoms. The van der Waals surface area contributed by atoms with E-state index in [1.807, 2.05) is 13.0 Å². The molecule has 0 saturated heterocycles. The molecule has 14 heavy (non-hydrogen) atoms. The molecule has 0 nitrogen and oxygen atoms in total. The van der Waals surface area contributed by atoms with Crippen LogP contribution in [0.4, 0.5) is 4.39 Å². The van der Waals surface area contributed by atoms with E-state index in [1.54, 1.807) is 12.1 Å². The van der Waals surface area contributed by atoms with Crippen molar-refractivity contribution in [3.8, 4) is 0 Å². The monoisotopic (exact) mass is 192 g/mol. The van der Waals surface area contributed by atoms with E-state index in [1.165, 1.54) is 32.1 Å². The van der Waals surface area contributed by atoms with E-state index < -0.39 is 0 Å². The van der Waals surface area contributed by atoms with Crippen molar-refractivity contribution in [3.05, 3.63) is 35.1 Å². The predicted molar refractivity (Wildman–Crippen MR) is 57.0 cm³/mol. The fourth-order valence-corrected chi connectivity index (χ4v) is 2.55. The largest absolute Gasteiger partial charge is 0.207 e. The lowest BCUT2D eigenvalue weighted by atomic mass is 9.82. The zero-order chi connectivity index (χ0) is 9.97. The summed E-state index contributed by atoms with van der Waals surface area (Å²) < 4.78 is 13.6. The smallest absolute Gasteiger partial charge is 0.126 e. The first kappa shape index (κ1) is 9.70. The average Bonchev–Trinajstić information content (AvgIpc) is 2.19. The number of rotatable bonds is 1. The summed E-state index contributed by atoms with van der Waals surface area (Å²) >= 11 is 0. The van der Waals surface area contributed by atoms with Crippen molar-refractivity contribution in [1.29, 1.82) is 0 Å². The Morgan fingerprint density at radius 1 is 1.14 bits per heavy atom. The van der Waals surface area contributed by atoms with Crippen LogP contribution < -0.4 is 0 Å². The van der Waals surface area contributed by atoms with Crippen LogP contribution in [0.2, 0.25) is 0 Å². The summed E-state index contributed by atoms with van der Waals surface area (Å²) in [6.07, 6.45) is 6.18. The van der Waals surface area contributed by atoms with Gasteiger partial charge in [-0.1, -0.05) is 31.4 Å². The molecule has 0 bridgehead atoms. The van der Waals surface area contributed by atoms with Gasteiger partial charge in [-0.15, -0.1) is 0 Å². The highest BCUT2D eigenvalue weighted by molar-refractivity contribution is 5.31. The van der Waals surface area contributed by atoms with Gasteiger partial charge >= 0.3 is 0 Å². The molecule has 0 N–H and O–H groups in total. The summed E-state index contributed by atoms with van der Waals surface area (Å²) in [5.41, 5.74) is 2.10. The molecule has 1 aromatic carbocycles. The third-order valence-electron chi connectivity index (χ3n) is 3.28. The van der Waals surface area contributed by atoms with Crippen molar-refractivity contribution in [1.82, 2.24) is 0 Å². The first-order valence-electron chi connectivity index (χ1n) is 5.54. The van der Waals surface area contributed by atoms with Gasteiger partial charge in [0.1, 0.15) is 5.82 Å². The maximum Gasteiger partial charge on any atom is 0.126 e. The SMILES string of the molecule is Cc1cccc(F)c1C1CCCCC1. The van der Waals surface area contributed by atoms with Gasteiger partial charge in [-0.05, 0) is 42.9 Å². The quantitative estimate of drug-likeness (QED) is 0.626. The van der Waals surface area contributed by atoms with Gasteiger partial charge in [0.05, 0.1) is 0 Å². The van der Waals surface area contributed by atoms with Crippen molar-refractivity contribution < 1.29 is 4.39 Å². The van der Waals surface area contributed by atoms with Gasteiger partial charge < -0.3 is 0 Å². The molecular weight excluding hydrogens is 175 g/mol. The Bertz CT molecular complexity index is 291. The molecule has 1 heteroatoms. The normalized spacial score (nSPS) is 18.4. The molecule has 0 unspecified atom stereocenters. The fraction of sp³-hybridized carbons (Fsp3) is 0.538. The number of hydrogen-bond acceptors (Lipinski definition) is 0. The number of aryl methyl sites for hydroxylation is 1. The van der Waals surface area contributed by atoms with Crippen molar-refractivity contribution in [2.24, 2.45) is 0 Å². The molecule has 2 rings (SSSR count). The third kappa shape index (κ3) is 1.82. The Kier molecular flexibility index (Phi) is 2.85. The average molecular weight is 192 g/mol. The predicted octanol–water partition coefficient (Wildman–Crippen LogP) is 4.18. The third-order valence-corrected chi connectivity index (χ3v) is 3.28. The van der Waals surface area contributed by atoms with Crippen molar-refractivity contribution in [2.75, 3.05) is 0 Å². The summed E-state index contributed by atoms with van der Waals surface area (Å²) in [6, 6.07) is 5.42. The van der Waals surface area contributed by atoms with Crippen molar-refractivity contribution in [3.63, 3.8) is 0 Å². The molecule has 0 amide bonds. The Morgan fingerprint density at radius 3 is 2.50 bits per heavy atom. The summed E-state index contributed by atoms with van der Waals surface area (Å²) in [4.78, 5) is 0. The van der Waals surface area contributed by atoms with Crippen LogP contribution in [0.15, 0.2) is 18.2 Å². The second-order valence-corrected chi connectivity index (χ2v) is 4.31. The van der Waals surface area contributed by atoms with E-state index in [-0.39, 0.29) is 5.82 Å². The van der Waals surface area contributed by atoms with Crippen LogP contribution >= 0.6 is 0 Å². The molecular formula is C13H17F. The Morgan fingerprint density at radius 2 is 1.86 bits per heavy atom. The Labute approximate surface area is 85.1 Å². The minimum Gasteiger partial charge on any atom is -0.207 e. The highest BCUT2D eigenvalue weighted by Crippen LogP contribution is 2.35. The fourth-order valence-electron chi connectivity index (χ4n) is 2.55. The van der Waals surface area contributed by atoms with Gasteiger partial charge in [-0.25, -0.2) is 4.39 Å². The molecule has 0 radical (unpaired) electrons. The molecule has 1 saturated carbocycles. The van der Waals surface area contributed by atoms with Crippen LogP contribution in [-0.4, -0.2) is 0 Å². The van der Waals surface area contributed by atoms with E-state index in [0.29, 0.717) is 5.92 Å². The van der Waals surface area contributed by atoms with E-state index >= 15 is 0 Å². The second-order valence-electron chi connectivity index (χ2n) is 4.31. The standard InChI is InChI=1S/C13H17F/c1-10-6-5-9-12(14)13(10)11-7-3-2-4-8-11/h5-6,9,11H,2-4,7-8H2,1H3. The molecule has 0 atom stereocenters. The minimum absolute atomic E-state index is 0.00287. The lowest BCUT2D eigenvalue weighted by molar-refractivity contribution is 0.428. The lowest BCUT2D eigenvalue weighted by Gasteiger charge is -2.23. The summed E-state index contributed by atoms with van der Waals surface area (Å²) in [7, 11) is 0. The summed E-state index contributed by atoms with van der Waals surface area (Å²) in [6.45, 7) is 2.02. The number of benzene rings is 1. The van der Waals surface area contributed by atoms with Crippen LogP contribution in [0, 0.1) is 12.7 Å². The van der Waals surface area contributed by atoms with Crippen LogP contribution in [0.1, 0.15) is 49.1 Å². The molecule has 1 aliphatic rings. The second kappa shape index (κ2) is 4.12. The van der Waals surface area contributed by atoms with Crippen LogP contribution in [0.5, 0.6) is 0 Å². The van der Waals surface area contributed by atoms with Crippen molar-refractivity contribution in [2.45, 2.75) is 44.9 Å². The maximum absolute atomic E-state index is 13.6. The molecule has 0 heterocycles. The highest BCUT2D eigenvalue weighted by Gasteiger charge is 2.19. The maximum atomic E-state index is 13.6. The zero-order valence-corrected chi connectivity index (χ0v) is 8.72. The van der Waals surface area contributed by atoms with Gasteiger partial charge in [0, 0.05) is 0 Å². The summed E-state index contributed by atoms with van der Waals surface area (Å²) in [5.74, 6) is 0.474. The Balaban J connectivity index is 2.29. The molecule has 1 aromatic rings. The first-order chi connectivity index (χ1) is 6.79. The molecule has 76 valence electrons. The molecule has 0 aromatic heterocycles.